The average Bonchev–Trinajstić information content (AvgIpc) is 2.85. The quantitative estimate of drug-likeness (QED) is 0.527. The van der Waals surface area contributed by atoms with Gasteiger partial charge in [-0.05, 0) is 42.0 Å². The molecule has 0 spiro atoms. The summed E-state index contributed by atoms with van der Waals surface area (Å²) in [6, 6.07) is 16.9. The standard InChI is InChI=1S/C25H25ClFN5O2/c26-19-6-3-7-20(15-19)30-25(34)24(33)29-17-23(18-5-4-10-28-16-18)32-13-11-31(12-14-32)22-9-2-1-8-21(22)27/h1-10,15-16,23H,11-14,17H2,(H,29,33)(H,30,34). The molecule has 3 aromatic rings. The SMILES string of the molecule is O=C(NCC(c1cccnc1)N1CCN(c2ccccc2F)CC1)C(=O)Nc1cccc(Cl)c1. The highest BCUT2D eigenvalue weighted by molar-refractivity contribution is 6.39. The Morgan fingerprint density at radius 2 is 1.79 bits per heavy atom. The maximum Gasteiger partial charge on any atom is 0.313 e. The number of carbonyl (C=O) groups excluding carboxylic acids is 2. The molecule has 2 amide bonds. The van der Waals surface area contributed by atoms with Gasteiger partial charge < -0.3 is 15.5 Å². The number of halogens is 2. The lowest BCUT2D eigenvalue weighted by molar-refractivity contribution is -0.136. The number of nitrogens with one attached hydrogen (secondary N) is 2. The maximum absolute atomic E-state index is 14.2. The smallest absolute Gasteiger partial charge is 0.313 e. The van der Waals surface area contributed by atoms with Gasteiger partial charge in [0.05, 0.1) is 11.7 Å². The minimum Gasteiger partial charge on any atom is -0.367 e. The highest BCUT2D eigenvalue weighted by Crippen LogP contribution is 2.25. The Hall–Kier alpha value is -3.49. The van der Waals surface area contributed by atoms with Crippen LogP contribution in [0.3, 0.4) is 0 Å². The van der Waals surface area contributed by atoms with Crippen molar-refractivity contribution in [2.75, 3.05) is 42.9 Å². The van der Waals surface area contributed by atoms with Crippen LogP contribution in [0, 0.1) is 5.82 Å². The molecule has 2 aromatic carbocycles. The Bertz CT molecular complexity index is 1140. The van der Waals surface area contributed by atoms with Crippen molar-refractivity contribution in [1.82, 2.24) is 15.2 Å². The molecular weight excluding hydrogens is 457 g/mol. The van der Waals surface area contributed by atoms with Gasteiger partial charge in [-0.15, -0.1) is 0 Å². The molecule has 1 unspecified atom stereocenters. The van der Waals surface area contributed by atoms with Crippen molar-refractivity contribution < 1.29 is 14.0 Å². The minimum absolute atomic E-state index is 0.181. The van der Waals surface area contributed by atoms with Crippen LogP contribution in [0.1, 0.15) is 11.6 Å². The topological polar surface area (TPSA) is 77.6 Å². The first-order valence-electron chi connectivity index (χ1n) is 11.0. The molecule has 1 atom stereocenters. The van der Waals surface area contributed by atoms with Crippen LogP contribution in [0.25, 0.3) is 0 Å². The number of benzene rings is 2. The molecule has 1 aromatic heterocycles. The van der Waals surface area contributed by atoms with Gasteiger partial charge in [0.2, 0.25) is 0 Å². The maximum atomic E-state index is 14.2. The monoisotopic (exact) mass is 481 g/mol. The number of hydrogen-bond acceptors (Lipinski definition) is 5. The van der Waals surface area contributed by atoms with Gasteiger partial charge in [0.15, 0.2) is 0 Å². The van der Waals surface area contributed by atoms with E-state index in [1.165, 1.54) is 6.07 Å². The number of hydrogen-bond donors (Lipinski definition) is 2. The van der Waals surface area contributed by atoms with Gasteiger partial charge in [-0.2, -0.15) is 0 Å². The van der Waals surface area contributed by atoms with Crippen molar-refractivity contribution in [2.24, 2.45) is 0 Å². The summed E-state index contributed by atoms with van der Waals surface area (Å²) in [5.74, 6) is -1.74. The Balaban J connectivity index is 1.39. The highest BCUT2D eigenvalue weighted by atomic mass is 35.5. The van der Waals surface area contributed by atoms with E-state index in [2.05, 4.69) is 20.5 Å². The van der Waals surface area contributed by atoms with Gasteiger partial charge in [0, 0.05) is 55.8 Å². The number of amides is 2. The van der Waals surface area contributed by atoms with E-state index in [1.54, 1.807) is 48.8 Å². The van der Waals surface area contributed by atoms with Crippen molar-refractivity contribution in [2.45, 2.75) is 6.04 Å². The van der Waals surface area contributed by atoms with Crippen molar-refractivity contribution in [1.29, 1.82) is 0 Å². The summed E-state index contributed by atoms with van der Waals surface area (Å²) in [7, 11) is 0. The zero-order chi connectivity index (χ0) is 23.9. The fourth-order valence-corrected chi connectivity index (χ4v) is 4.23. The lowest BCUT2D eigenvalue weighted by atomic mass is 10.1. The molecule has 0 radical (unpaired) electrons. The first kappa shape index (κ1) is 23.7. The number of para-hydroxylation sites is 1. The second-order valence-corrected chi connectivity index (χ2v) is 8.39. The van der Waals surface area contributed by atoms with Crippen molar-refractivity contribution in [3.8, 4) is 0 Å². The fraction of sp³-hybridized carbons (Fsp3) is 0.240. The first-order chi connectivity index (χ1) is 16.5. The lowest BCUT2D eigenvalue weighted by Gasteiger charge is -2.40. The minimum atomic E-state index is -0.767. The average molecular weight is 482 g/mol. The van der Waals surface area contributed by atoms with Crippen LogP contribution in [0.15, 0.2) is 73.1 Å². The van der Waals surface area contributed by atoms with Gasteiger partial charge in [-0.1, -0.05) is 35.9 Å². The van der Waals surface area contributed by atoms with E-state index >= 15 is 0 Å². The zero-order valence-electron chi connectivity index (χ0n) is 18.5. The van der Waals surface area contributed by atoms with E-state index in [0.717, 1.165) is 5.56 Å². The van der Waals surface area contributed by atoms with Gasteiger partial charge in [0.1, 0.15) is 5.82 Å². The Kier molecular flexibility index (Phi) is 7.72. The fourth-order valence-electron chi connectivity index (χ4n) is 4.04. The van der Waals surface area contributed by atoms with Gasteiger partial charge in [0.25, 0.3) is 0 Å². The third kappa shape index (κ3) is 5.89. The Morgan fingerprint density at radius 3 is 2.50 bits per heavy atom. The van der Waals surface area contributed by atoms with Crippen LogP contribution in [0.2, 0.25) is 5.02 Å². The number of rotatable bonds is 6. The molecule has 4 rings (SSSR count). The lowest BCUT2D eigenvalue weighted by Crippen LogP contribution is -2.50. The number of aromatic nitrogens is 1. The largest absolute Gasteiger partial charge is 0.367 e. The van der Waals surface area contributed by atoms with Gasteiger partial charge in [-0.3, -0.25) is 19.5 Å². The molecule has 1 fully saturated rings. The molecule has 7 nitrogen and oxygen atoms in total. The van der Waals surface area contributed by atoms with Crippen LogP contribution in [0.4, 0.5) is 15.8 Å². The summed E-state index contributed by atoms with van der Waals surface area (Å²) < 4.78 is 14.2. The Morgan fingerprint density at radius 1 is 1.00 bits per heavy atom. The molecule has 0 saturated carbocycles. The number of carbonyl (C=O) groups is 2. The Labute approximate surface area is 202 Å². The summed E-state index contributed by atoms with van der Waals surface area (Å²) in [5, 5.41) is 5.75. The number of piperazine rings is 1. The van der Waals surface area contributed by atoms with E-state index in [4.69, 9.17) is 11.6 Å². The molecule has 9 heteroatoms. The van der Waals surface area contributed by atoms with E-state index in [0.29, 0.717) is 42.6 Å². The van der Waals surface area contributed by atoms with Crippen LogP contribution < -0.4 is 15.5 Å². The number of pyridine rings is 1. The summed E-state index contributed by atoms with van der Waals surface area (Å²) >= 11 is 5.93. The van der Waals surface area contributed by atoms with Crippen molar-refractivity contribution in [3.63, 3.8) is 0 Å². The third-order valence-electron chi connectivity index (χ3n) is 5.76. The van der Waals surface area contributed by atoms with Crippen LogP contribution >= 0.6 is 11.6 Å². The molecule has 1 saturated heterocycles. The molecule has 2 N–H and O–H groups in total. The predicted octanol–water partition coefficient (Wildman–Crippen LogP) is 3.49. The second-order valence-electron chi connectivity index (χ2n) is 7.95. The van der Waals surface area contributed by atoms with Crippen LogP contribution in [-0.4, -0.2) is 54.4 Å². The van der Waals surface area contributed by atoms with Crippen molar-refractivity contribution in [3.05, 3.63) is 89.5 Å². The number of nitrogens with zero attached hydrogens (tertiary/aromatic N) is 3. The molecule has 176 valence electrons. The van der Waals surface area contributed by atoms with Crippen molar-refractivity contribution >= 4 is 34.8 Å². The van der Waals surface area contributed by atoms with Gasteiger partial charge in [-0.25, -0.2) is 4.39 Å². The molecule has 2 heterocycles. The van der Waals surface area contributed by atoms with E-state index < -0.39 is 11.8 Å². The predicted molar refractivity (Wildman–Crippen MR) is 130 cm³/mol. The molecule has 34 heavy (non-hydrogen) atoms. The summed E-state index contributed by atoms with van der Waals surface area (Å²) in [5.41, 5.74) is 1.96. The van der Waals surface area contributed by atoms with E-state index in [1.807, 2.05) is 23.1 Å². The summed E-state index contributed by atoms with van der Waals surface area (Å²) in [4.78, 5) is 33.3. The molecule has 0 bridgehead atoms. The normalized spacial score (nSPS) is 14.9. The van der Waals surface area contributed by atoms with Crippen LogP contribution in [0.5, 0.6) is 0 Å². The second kappa shape index (κ2) is 11.1. The van der Waals surface area contributed by atoms with E-state index in [-0.39, 0.29) is 18.4 Å². The van der Waals surface area contributed by atoms with E-state index in [9.17, 15) is 14.0 Å². The van der Waals surface area contributed by atoms with Crippen LogP contribution in [-0.2, 0) is 9.59 Å². The zero-order valence-corrected chi connectivity index (χ0v) is 19.2. The summed E-state index contributed by atoms with van der Waals surface area (Å²) in [6.07, 6.45) is 3.44. The van der Waals surface area contributed by atoms with Gasteiger partial charge >= 0.3 is 11.8 Å². The molecule has 0 aliphatic carbocycles. The molecular formula is C25H25ClFN5O2. The summed E-state index contributed by atoms with van der Waals surface area (Å²) in [6.45, 7) is 2.84. The molecule has 1 aliphatic rings. The number of anilines is 2. The highest BCUT2D eigenvalue weighted by Gasteiger charge is 2.27. The first-order valence-corrected chi connectivity index (χ1v) is 11.4. The molecule has 1 aliphatic heterocycles. The third-order valence-corrected chi connectivity index (χ3v) is 6.00.